The molecular formula is C16H13ClN2O2. The molecule has 4 nitrogen and oxygen atoms in total. The Kier molecular flexibility index (Phi) is 5.33. The minimum absolute atomic E-state index is 0.0432. The van der Waals surface area contributed by atoms with Crippen molar-refractivity contribution in [3.8, 4) is 11.8 Å². The Morgan fingerprint density at radius 1 is 1.24 bits per heavy atom. The van der Waals surface area contributed by atoms with Crippen molar-refractivity contribution in [2.45, 2.75) is 6.42 Å². The molecular weight excluding hydrogens is 288 g/mol. The number of pyridine rings is 1. The van der Waals surface area contributed by atoms with Crippen LogP contribution in [0.2, 0.25) is 5.02 Å². The van der Waals surface area contributed by atoms with Crippen molar-refractivity contribution in [1.29, 1.82) is 0 Å². The lowest BCUT2D eigenvalue weighted by molar-refractivity contribution is 0.102. The largest absolute Gasteiger partial charge is 0.395 e. The molecule has 1 amide bonds. The van der Waals surface area contributed by atoms with Gasteiger partial charge in [0.05, 0.1) is 11.6 Å². The Bertz CT molecular complexity index is 670. The highest BCUT2D eigenvalue weighted by atomic mass is 35.5. The zero-order valence-electron chi connectivity index (χ0n) is 11.1. The van der Waals surface area contributed by atoms with Gasteiger partial charge in [0.2, 0.25) is 0 Å². The number of rotatable bonds is 3. The van der Waals surface area contributed by atoms with Crippen LogP contribution in [0, 0.1) is 11.8 Å². The molecule has 2 aromatic rings. The maximum absolute atomic E-state index is 12.0. The number of nitrogens with one attached hydrogen (secondary N) is 1. The van der Waals surface area contributed by atoms with Crippen LogP contribution in [-0.4, -0.2) is 22.6 Å². The summed E-state index contributed by atoms with van der Waals surface area (Å²) in [6, 6.07) is 10.2. The van der Waals surface area contributed by atoms with Crippen molar-refractivity contribution in [2.24, 2.45) is 0 Å². The van der Waals surface area contributed by atoms with Crippen LogP contribution < -0.4 is 5.32 Å². The van der Waals surface area contributed by atoms with E-state index in [4.69, 9.17) is 16.7 Å². The minimum Gasteiger partial charge on any atom is -0.395 e. The third-order valence-electron chi connectivity index (χ3n) is 2.59. The molecule has 106 valence electrons. The average Bonchev–Trinajstić information content (AvgIpc) is 2.50. The summed E-state index contributed by atoms with van der Waals surface area (Å²) < 4.78 is 0. The van der Waals surface area contributed by atoms with Gasteiger partial charge in [-0.2, -0.15) is 0 Å². The van der Waals surface area contributed by atoms with Crippen molar-refractivity contribution >= 4 is 23.3 Å². The van der Waals surface area contributed by atoms with Gasteiger partial charge in [0, 0.05) is 23.7 Å². The van der Waals surface area contributed by atoms with Crippen LogP contribution in [0.25, 0.3) is 0 Å². The molecule has 0 fully saturated rings. The van der Waals surface area contributed by atoms with E-state index in [0.717, 1.165) is 5.56 Å². The van der Waals surface area contributed by atoms with Crippen LogP contribution >= 0.6 is 11.6 Å². The van der Waals surface area contributed by atoms with Gasteiger partial charge in [-0.1, -0.05) is 23.4 Å². The Balaban J connectivity index is 2.03. The highest BCUT2D eigenvalue weighted by Gasteiger charge is 2.06. The van der Waals surface area contributed by atoms with Crippen LogP contribution in [0.4, 0.5) is 5.82 Å². The molecule has 0 bridgehead atoms. The van der Waals surface area contributed by atoms with Gasteiger partial charge in [0.15, 0.2) is 0 Å². The second-order valence-electron chi connectivity index (χ2n) is 4.17. The fourth-order valence-corrected chi connectivity index (χ4v) is 1.68. The molecule has 0 radical (unpaired) electrons. The highest BCUT2D eigenvalue weighted by molar-refractivity contribution is 6.30. The molecule has 0 aliphatic carbocycles. The van der Waals surface area contributed by atoms with E-state index in [1.54, 1.807) is 36.4 Å². The number of halogens is 1. The smallest absolute Gasteiger partial charge is 0.256 e. The maximum Gasteiger partial charge on any atom is 0.256 e. The molecule has 0 unspecified atom stereocenters. The van der Waals surface area contributed by atoms with Crippen molar-refractivity contribution < 1.29 is 9.90 Å². The molecule has 1 aromatic heterocycles. The predicted octanol–water partition coefficient (Wildman–Crippen LogP) is 2.72. The minimum atomic E-state index is -0.250. The lowest BCUT2D eigenvalue weighted by atomic mass is 10.1. The molecule has 1 heterocycles. The molecule has 2 rings (SSSR count). The second kappa shape index (κ2) is 7.44. The Hall–Kier alpha value is -2.35. The molecule has 1 aromatic carbocycles. The summed E-state index contributed by atoms with van der Waals surface area (Å²) in [5, 5.41) is 11.8. The Labute approximate surface area is 127 Å². The fraction of sp³-hybridized carbons (Fsp3) is 0.125. The van der Waals surface area contributed by atoms with E-state index in [9.17, 15) is 4.79 Å². The van der Waals surface area contributed by atoms with Crippen molar-refractivity contribution in [3.05, 3.63) is 58.7 Å². The summed E-state index contributed by atoms with van der Waals surface area (Å²) in [6.07, 6.45) is 1.90. The molecule has 0 atom stereocenters. The quantitative estimate of drug-likeness (QED) is 0.857. The van der Waals surface area contributed by atoms with E-state index in [1.807, 2.05) is 0 Å². The van der Waals surface area contributed by atoms with Gasteiger partial charge >= 0.3 is 0 Å². The van der Waals surface area contributed by atoms with Gasteiger partial charge in [-0.15, -0.1) is 0 Å². The SMILES string of the molecule is O=C(Nc1ccc(Cl)cn1)c1ccc(C#CCCO)cc1. The summed E-state index contributed by atoms with van der Waals surface area (Å²) >= 11 is 5.73. The van der Waals surface area contributed by atoms with E-state index >= 15 is 0 Å². The zero-order chi connectivity index (χ0) is 15.1. The molecule has 0 saturated carbocycles. The molecule has 2 N–H and O–H groups in total. The van der Waals surface area contributed by atoms with Crippen molar-refractivity contribution in [2.75, 3.05) is 11.9 Å². The predicted molar refractivity (Wildman–Crippen MR) is 82.2 cm³/mol. The monoisotopic (exact) mass is 300 g/mol. The van der Waals surface area contributed by atoms with Crippen LogP contribution in [0.3, 0.4) is 0 Å². The van der Waals surface area contributed by atoms with Gasteiger partial charge in [-0.05, 0) is 36.4 Å². The molecule has 0 aliphatic heterocycles. The first-order chi connectivity index (χ1) is 10.2. The molecule has 5 heteroatoms. The number of carbonyl (C=O) groups excluding carboxylic acids is 1. The lowest BCUT2D eigenvalue weighted by Crippen LogP contribution is -2.12. The van der Waals surface area contributed by atoms with Gasteiger partial charge < -0.3 is 10.4 Å². The number of nitrogens with zero attached hydrogens (tertiary/aromatic N) is 1. The van der Waals surface area contributed by atoms with Crippen molar-refractivity contribution in [3.63, 3.8) is 0 Å². The summed E-state index contributed by atoms with van der Waals surface area (Å²) in [5.74, 6) is 5.91. The third-order valence-corrected chi connectivity index (χ3v) is 2.81. The highest BCUT2D eigenvalue weighted by Crippen LogP contribution is 2.11. The maximum atomic E-state index is 12.0. The number of aliphatic hydroxyl groups is 1. The summed E-state index contributed by atoms with van der Waals surface area (Å²) in [4.78, 5) is 16.0. The van der Waals surface area contributed by atoms with E-state index in [0.29, 0.717) is 22.8 Å². The number of hydrogen-bond donors (Lipinski definition) is 2. The first-order valence-corrected chi connectivity index (χ1v) is 6.69. The van der Waals surface area contributed by atoms with Crippen LogP contribution in [0.1, 0.15) is 22.3 Å². The third kappa shape index (κ3) is 4.60. The normalized spacial score (nSPS) is 9.62. The average molecular weight is 301 g/mol. The van der Waals surface area contributed by atoms with E-state index < -0.39 is 0 Å². The van der Waals surface area contributed by atoms with Gasteiger partial charge in [-0.25, -0.2) is 4.98 Å². The lowest BCUT2D eigenvalue weighted by Gasteiger charge is -2.04. The number of carbonyl (C=O) groups is 1. The number of hydrogen-bond acceptors (Lipinski definition) is 3. The van der Waals surface area contributed by atoms with E-state index in [-0.39, 0.29) is 12.5 Å². The topological polar surface area (TPSA) is 62.2 Å². The summed E-state index contributed by atoms with van der Waals surface area (Å²) in [7, 11) is 0. The number of anilines is 1. The molecule has 21 heavy (non-hydrogen) atoms. The Morgan fingerprint density at radius 3 is 2.62 bits per heavy atom. The number of aromatic nitrogens is 1. The molecule has 0 spiro atoms. The van der Waals surface area contributed by atoms with Gasteiger partial charge in [-0.3, -0.25) is 4.79 Å². The first kappa shape index (κ1) is 15.0. The van der Waals surface area contributed by atoms with Crippen LogP contribution in [0.15, 0.2) is 42.6 Å². The first-order valence-electron chi connectivity index (χ1n) is 6.32. The number of amides is 1. The van der Waals surface area contributed by atoms with Crippen LogP contribution in [0.5, 0.6) is 0 Å². The standard InChI is InChI=1S/C16H13ClN2O2/c17-14-8-9-15(18-11-14)19-16(21)13-6-4-12(5-7-13)3-1-2-10-20/h4-9,11,20H,2,10H2,(H,18,19,21). The van der Waals surface area contributed by atoms with Crippen LogP contribution in [-0.2, 0) is 0 Å². The molecule has 0 saturated heterocycles. The summed E-state index contributed by atoms with van der Waals surface area (Å²) in [6.45, 7) is 0.0432. The molecule has 0 aliphatic rings. The number of benzene rings is 1. The Morgan fingerprint density at radius 2 is 2.00 bits per heavy atom. The fourth-order valence-electron chi connectivity index (χ4n) is 1.56. The summed E-state index contributed by atoms with van der Waals surface area (Å²) in [5.41, 5.74) is 1.31. The number of aliphatic hydroxyl groups excluding tert-OH is 1. The zero-order valence-corrected chi connectivity index (χ0v) is 11.9. The van der Waals surface area contributed by atoms with E-state index in [1.165, 1.54) is 6.20 Å². The van der Waals surface area contributed by atoms with Gasteiger partial charge in [0.1, 0.15) is 5.82 Å². The van der Waals surface area contributed by atoms with E-state index in [2.05, 4.69) is 22.1 Å². The second-order valence-corrected chi connectivity index (χ2v) is 4.60. The van der Waals surface area contributed by atoms with Crippen molar-refractivity contribution in [1.82, 2.24) is 4.98 Å². The van der Waals surface area contributed by atoms with Gasteiger partial charge in [0.25, 0.3) is 5.91 Å².